The predicted octanol–water partition coefficient (Wildman–Crippen LogP) is -3.86. The van der Waals surface area contributed by atoms with Crippen LogP contribution in [0.3, 0.4) is 0 Å². The number of carboxylic acids is 2. The van der Waals surface area contributed by atoms with Crippen LogP contribution in [0.25, 0.3) is 0 Å². The largest absolute Gasteiger partial charge is 0.481 e. The highest BCUT2D eigenvalue weighted by atomic mass is 16.4. The lowest BCUT2D eigenvalue weighted by molar-refractivity contribution is -0.143. The number of carbonyl (C=O) groups is 10. The molecule has 0 unspecified atom stereocenters. The van der Waals surface area contributed by atoms with Gasteiger partial charge in [0.2, 0.25) is 47.3 Å². The molecule has 370 valence electrons. The number of hydrogen-bond acceptors (Lipinski definition) is 14. The number of carbonyl (C=O) groups excluding carboxylic acids is 8. The summed E-state index contributed by atoms with van der Waals surface area (Å²) in [6.45, 7) is 11.9. The van der Waals surface area contributed by atoms with Crippen molar-refractivity contribution in [2.24, 2.45) is 29.2 Å². The van der Waals surface area contributed by atoms with Crippen LogP contribution in [-0.4, -0.2) is 165 Å². The molecule has 0 aromatic heterocycles. The van der Waals surface area contributed by atoms with Crippen molar-refractivity contribution in [1.82, 2.24) is 42.1 Å². The molecule has 1 fully saturated rings. The fourth-order valence-corrected chi connectivity index (χ4v) is 6.68. The van der Waals surface area contributed by atoms with E-state index >= 15 is 0 Å². The van der Waals surface area contributed by atoms with Gasteiger partial charge in [0, 0.05) is 13.0 Å². The highest BCUT2D eigenvalue weighted by Crippen LogP contribution is 2.20. The summed E-state index contributed by atoms with van der Waals surface area (Å²) in [7, 11) is 0. The highest BCUT2D eigenvalue weighted by molar-refractivity contribution is 5.98. The van der Waals surface area contributed by atoms with Gasteiger partial charge in [0.05, 0.1) is 18.8 Å². The summed E-state index contributed by atoms with van der Waals surface area (Å²) in [6.07, 6.45) is -0.872. The molecule has 1 saturated heterocycles. The fraction of sp³-hybridized carbons (Fsp3) is 0.756. The zero-order chi connectivity index (χ0) is 49.9. The summed E-state index contributed by atoms with van der Waals surface area (Å²) in [4.78, 5) is 131. The average Bonchev–Trinajstić information content (AvgIpc) is 3.72. The maximum atomic E-state index is 13.6. The first-order valence-electron chi connectivity index (χ1n) is 21.9. The van der Waals surface area contributed by atoms with E-state index in [1.54, 1.807) is 27.7 Å². The van der Waals surface area contributed by atoms with Crippen LogP contribution in [-0.2, 0) is 47.9 Å². The Balaban J connectivity index is 3.12. The Morgan fingerprint density at radius 3 is 1.63 bits per heavy atom. The SMILES string of the molecule is CC(C)[C@H](N)C(=O)N1CCC[C@H]1C(=O)N[C@H](C(=O)N[C@@H](CCC(=O)O)C(=O)N[C@@H](C)C(=O)N[C@H](C(=O)N[C@H](C(=O)N[C@@H](CO)C(=O)N[C@@H](CCCCN)C(=O)O)[C@@H](C)O)C(C)C)C(C)C. The maximum absolute atomic E-state index is 13.6. The molecule has 10 atom stereocenters. The van der Waals surface area contributed by atoms with Crippen LogP contribution in [0, 0.1) is 17.8 Å². The van der Waals surface area contributed by atoms with Gasteiger partial charge in [-0.2, -0.15) is 0 Å². The van der Waals surface area contributed by atoms with E-state index in [-0.39, 0.29) is 12.3 Å². The Hall–Kier alpha value is -5.46. The summed E-state index contributed by atoms with van der Waals surface area (Å²) < 4.78 is 0. The standard InChI is InChI=1S/C41H72N10O14/c1-19(2)29(43)40(63)51-17-11-13-27(51)36(59)49-30(20(3)4)37(60)45-24(14-15-28(54)55)34(57)44-22(7)33(56)48-31(21(5)6)38(61)50-32(23(8)53)39(62)47-26(18-52)35(58)46-25(41(64)65)12-9-10-16-42/h19-27,29-32,52-53H,9-18,42-43H2,1-8H3,(H,44,57)(H,45,60)(H,46,58)(H,47,62)(H,48,56)(H,49,59)(H,50,61)(H,54,55)(H,64,65)/t22-,23+,24-,25-,26-,27-,29-,30-,31-,32-/m0/s1. The monoisotopic (exact) mass is 929 g/mol. The van der Waals surface area contributed by atoms with Gasteiger partial charge in [-0.05, 0) is 76.7 Å². The zero-order valence-electron chi connectivity index (χ0n) is 38.5. The number of nitrogens with two attached hydrogens (primary N) is 2. The number of carboxylic acid groups (broad SMARTS) is 2. The van der Waals surface area contributed by atoms with Crippen LogP contribution in [0.5, 0.6) is 0 Å². The molecule has 24 heteroatoms. The molecule has 0 bridgehead atoms. The second kappa shape index (κ2) is 27.8. The van der Waals surface area contributed by atoms with Gasteiger partial charge < -0.3 is 74.0 Å². The number of hydrogen-bond donors (Lipinski definition) is 13. The fourth-order valence-electron chi connectivity index (χ4n) is 6.68. The number of nitrogens with one attached hydrogen (secondary N) is 7. The molecule has 1 heterocycles. The molecule has 0 spiro atoms. The van der Waals surface area contributed by atoms with Crippen LogP contribution < -0.4 is 48.7 Å². The van der Waals surface area contributed by atoms with E-state index in [4.69, 9.17) is 11.5 Å². The molecular weight excluding hydrogens is 857 g/mol. The summed E-state index contributed by atoms with van der Waals surface area (Å²) in [6, 6.07) is -12.1. The number of nitrogens with zero attached hydrogens (tertiary/aromatic N) is 1. The number of aliphatic hydroxyl groups excluding tert-OH is 2. The van der Waals surface area contributed by atoms with Crippen LogP contribution in [0.2, 0.25) is 0 Å². The van der Waals surface area contributed by atoms with E-state index in [0.29, 0.717) is 38.8 Å². The first-order chi connectivity index (χ1) is 30.3. The van der Waals surface area contributed by atoms with Gasteiger partial charge in [-0.15, -0.1) is 0 Å². The molecule has 65 heavy (non-hydrogen) atoms. The van der Waals surface area contributed by atoms with Gasteiger partial charge in [-0.3, -0.25) is 43.2 Å². The number of aliphatic carboxylic acids is 2. The molecule has 8 amide bonds. The minimum absolute atomic E-state index is 0.0174. The van der Waals surface area contributed by atoms with Gasteiger partial charge in [-0.25, -0.2) is 4.79 Å². The normalized spacial score (nSPS) is 17.9. The van der Waals surface area contributed by atoms with E-state index in [1.807, 2.05) is 0 Å². The molecule has 0 aromatic carbocycles. The lowest BCUT2D eigenvalue weighted by Crippen LogP contribution is -2.62. The number of aliphatic hydroxyl groups is 2. The highest BCUT2D eigenvalue weighted by Gasteiger charge is 2.40. The molecule has 0 aromatic rings. The van der Waals surface area contributed by atoms with E-state index in [1.165, 1.54) is 25.7 Å². The Morgan fingerprint density at radius 2 is 1.12 bits per heavy atom. The smallest absolute Gasteiger partial charge is 0.326 e. The van der Waals surface area contributed by atoms with Gasteiger partial charge in [0.1, 0.15) is 48.3 Å². The Kier molecular flexibility index (Phi) is 24.6. The molecule has 1 aliphatic rings. The summed E-state index contributed by atoms with van der Waals surface area (Å²) >= 11 is 0. The lowest BCUT2D eigenvalue weighted by atomic mass is 10.0. The van der Waals surface area contributed by atoms with Gasteiger partial charge in [-0.1, -0.05) is 41.5 Å². The Bertz CT molecular complexity index is 1680. The Labute approximate surface area is 378 Å². The zero-order valence-corrected chi connectivity index (χ0v) is 38.5. The number of likely N-dealkylation sites (tertiary alicyclic amines) is 1. The third-order valence-corrected chi connectivity index (χ3v) is 10.8. The quantitative estimate of drug-likeness (QED) is 0.0334. The second-order valence-corrected chi connectivity index (χ2v) is 17.3. The third kappa shape index (κ3) is 18.5. The number of rotatable bonds is 28. The van der Waals surface area contributed by atoms with Gasteiger partial charge >= 0.3 is 11.9 Å². The van der Waals surface area contributed by atoms with Crippen molar-refractivity contribution in [3.63, 3.8) is 0 Å². The van der Waals surface area contributed by atoms with Crippen molar-refractivity contribution in [3.8, 4) is 0 Å². The molecule has 15 N–H and O–H groups in total. The average molecular weight is 929 g/mol. The summed E-state index contributed by atoms with van der Waals surface area (Å²) in [5, 5.41) is 55.8. The van der Waals surface area contributed by atoms with Crippen molar-refractivity contribution >= 4 is 59.2 Å². The maximum Gasteiger partial charge on any atom is 0.326 e. The van der Waals surface area contributed by atoms with E-state index in [9.17, 15) is 68.4 Å². The van der Waals surface area contributed by atoms with Crippen LogP contribution in [0.1, 0.15) is 100 Å². The van der Waals surface area contributed by atoms with E-state index in [0.717, 1.165) is 6.92 Å². The first-order valence-corrected chi connectivity index (χ1v) is 21.9. The van der Waals surface area contributed by atoms with Gasteiger partial charge in [0.15, 0.2) is 0 Å². The number of amides is 8. The van der Waals surface area contributed by atoms with Crippen molar-refractivity contribution in [2.75, 3.05) is 19.7 Å². The van der Waals surface area contributed by atoms with Crippen LogP contribution in [0.4, 0.5) is 0 Å². The van der Waals surface area contributed by atoms with E-state index in [2.05, 4.69) is 37.2 Å². The Morgan fingerprint density at radius 1 is 0.615 bits per heavy atom. The van der Waals surface area contributed by atoms with E-state index < -0.39 is 151 Å². The lowest BCUT2D eigenvalue weighted by Gasteiger charge is -2.31. The summed E-state index contributed by atoms with van der Waals surface area (Å²) in [5.41, 5.74) is 11.5. The third-order valence-electron chi connectivity index (χ3n) is 10.8. The van der Waals surface area contributed by atoms with Crippen LogP contribution >= 0.6 is 0 Å². The summed E-state index contributed by atoms with van der Waals surface area (Å²) in [5.74, 6) is -11.0. The second-order valence-electron chi connectivity index (χ2n) is 17.3. The number of unbranched alkanes of at least 4 members (excludes halogenated alkanes) is 1. The van der Waals surface area contributed by atoms with Crippen LogP contribution in [0.15, 0.2) is 0 Å². The van der Waals surface area contributed by atoms with Crippen molar-refractivity contribution in [1.29, 1.82) is 0 Å². The predicted molar refractivity (Wildman–Crippen MR) is 233 cm³/mol. The van der Waals surface area contributed by atoms with Crippen molar-refractivity contribution in [2.45, 2.75) is 161 Å². The van der Waals surface area contributed by atoms with Crippen molar-refractivity contribution in [3.05, 3.63) is 0 Å². The molecular formula is C41H72N10O14. The molecule has 0 radical (unpaired) electrons. The minimum Gasteiger partial charge on any atom is -0.481 e. The molecule has 1 aliphatic heterocycles. The molecule has 24 nitrogen and oxygen atoms in total. The topological polar surface area (TPSA) is 391 Å². The molecule has 0 saturated carbocycles. The first kappa shape index (κ1) is 57.6. The molecule has 1 rings (SSSR count). The minimum atomic E-state index is -1.75. The van der Waals surface area contributed by atoms with Gasteiger partial charge in [0.25, 0.3) is 0 Å². The molecule has 0 aliphatic carbocycles. The van der Waals surface area contributed by atoms with Crippen molar-refractivity contribution < 1.29 is 68.4 Å².